The summed E-state index contributed by atoms with van der Waals surface area (Å²) in [5.41, 5.74) is 4.33. The number of hydrogen-bond acceptors (Lipinski definition) is 3. The Labute approximate surface area is 141 Å². The van der Waals surface area contributed by atoms with Crippen molar-refractivity contribution in [2.24, 2.45) is 0 Å². The van der Waals surface area contributed by atoms with Gasteiger partial charge in [-0.05, 0) is 29.8 Å². The van der Waals surface area contributed by atoms with Crippen molar-refractivity contribution in [1.29, 1.82) is 0 Å². The Bertz CT molecular complexity index is 823. The van der Waals surface area contributed by atoms with Gasteiger partial charge in [-0.25, -0.2) is 4.39 Å². The maximum absolute atomic E-state index is 14.3. The molecule has 0 saturated carbocycles. The van der Waals surface area contributed by atoms with Crippen LogP contribution in [0.15, 0.2) is 48.8 Å². The summed E-state index contributed by atoms with van der Waals surface area (Å²) in [6.45, 7) is 2.40. The number of nitrogens with one attached hydrogen (secondary N) is 1. The molecule has 0 unspecified atom stereocenters. The highest BCUT2D eigenvalue weighted by Crippen LogP contribution is 2.36. The first-order valence-corrected chi connectivity index (χ1v) is 7.30. The second-order valence-corrected chi connectivity index (χ2v) is 5.29. The van der Waals surface area contributed by atoms with Crippen LogP contribution in [0.3, 0.4) is 0 Å². The molecule has 0 saturated heterocycles. The topological polar surface area (TPSA) is 42.7 Å². The number of fused-ring (bicyclic) bond motifs is 1. The van der Waals surface area contributed by atoms with Crippen LogP contribution in [-0.2, 0) is 13.1 Å². The summed E-state index contributed by atoms with van der Waals surface area (Å²) in [7, 11) is 0. The fraction of sp³-hybridized carbons (Fsp3) is 0.176. The number of hydrogen-bond donors (Lipinski definition) is 1. The summed E-state index contributed by atoms with van der Waals surface area (Å²) in [5.74, 6) is -0.249. The van der Waals surface area contributed by atoms with Crippen LogP contribution < -0.4 is 17.7 Å². The largest absolute Gasteiger partial charge is 1.00 e. The molecule has 0 aliphatic carbocycles. The number of pyridine rings is 1. The molecule has 0 radical (unpaired) electrons. The van der Waals surface area contributed by atoms with E-state index in [0.717, 1.165) is 36.5 Å². The van der Waals surface area contributed by atoms with Gasteiger partial charge in [-0.1, -0.05) is 12.1 Å². The molecular weight excluding hydrogens is 315 g/mol. The highest BCUT2D eigenvalue weighted by Gasteiger charge is 2.23. The van der Waals surface area contributed by atoms with Crippen molar-refractivity contribution < 1.29 is 18.2 Å². The van der Waals surface area contributed by atoms with Crippen molar-refractivity contribution in [2.75, 3.05) is 6.54 Å². The van der Waals surface area contributed by atoms with Crippen LogP contribution in [0.4, 0.5) is 4.39 Å². The van der Waals surface area contributed by atoms with Gasteiger partial charge in [-0.2, -0.15) is 5.10 Å². The minimum absolute atomic E-state index is 0. The van der Waals surface area contributed by atoms with E-state index in [2.05, 4.69) is 15.4 Å². The molecule has 0 bridgehead atoms. The van der Waals surface area contributed by atoms with E-state index in [9.17, 15) is 4.39 Å². The smallest absolute Gasteiger partial charge is 1.00 e. The molecule has 2 aromatic heterocycles. The van der Waals surface area contributed by atoms with E-state index >= 15 is 0 Å². The van der Waals surface area contributed by atoms with Crippen molar-refractivity contribution in [1.82, 2.24) is 20.1 Å². The van der Waals surface area contributed by atoms with Gasteiger partial charge in [-0.15, -0.1) is 0 Å². The highest BCUT2D eigenvalue weighted by atomic mass is 35.5. The molecule has 3 heterocycles. The predicted molar refractivity (Wildman–Crippen MR) is 83.7 cm³/mol. The molecule has 6 heteroatoms. The SMILES string of the molecule is Fc1ccccc1-c1nn2c(c1-c1ccncc1)CNCC2.[Cl-].[H+]. The van der Waals surface area contributed by atoms with Crippen molar-refractivity contribution in [3.8, 4) is 22.4 Å². The van der Waals surface area contributed by atoms with Gasteiger partial charge in [0.2, 0.25) is 0 Å². The van der Waals surface area contributed by atoms with Crippen LogP contribution in [0, 0.1) is 5.82 Å². The monoisotopic (exact) mass is 330 g/mol. The lowest BCUT2D eigenvalue weighted by molar-refractivity contribution is -0.00000506. The third-order valence-electron chi connectivity index (χ3n) is 3.95. The van der Waals surface area contributed by atoms with Crippen LogP contribution in [0.5, 0.6) is 0 Å². The number of halogens is 2. The Kier molecular flexibility index (Phi) is 4.41. The molecule has 0 atom stereocenters. The summed E-state index contributed by atoms with van der Waals surface area (Å²) in [5, 5.41) is 8.03. The lowest BCUT2D eigenvalue weighted by Gasteiger charge is -2.16. The third-order valence-corrected chi connectivity index (χ3v) is 3.95. The Hall–Kier alpha value is -2.24. The summed E-state index contributed by atoms with van der Waals surface area (Å²) in [4.78, 5) is 4.07. The molecule has 0 amide bonds. The number of rotatable bonds is 2. The Morgan fingerprint density at radius 1 is 1.13 bits per heavy atom. The van der Waals surface area contributed by atoms with E-state index < -0.39 is 0 Å². The minimum Gasteiger partial charge on any atom is -1.00 e. The molecule has 4 rings (SSSR count). The molecule has 1 N–H and O–H groups in total. The molecule has 1 aromatic carbocycles. The van der Waals surface area contributed by atoms with Gasteiger partial charge < -0.3 is 17.7 Å². The van der Waals surface area contributed by atoms with E-state index in [0.29, 0.717) is 11.3 Å². The molecule has 0 fully saturated rings. The van der Waals surface area contributed by atoms with Gasteiger partial charge in [0.1, 0.15) is 11.5 Å². The average molecular weight is 331 g/mol. The number of aromatic nitrogens is 3. The van der Waals surface area contributed by atoms with Crippen molar-refractivity contribution >= 4 is 0 Å². The zero-order valence-electron chi connectivity index (χ0n) is 13.3. The quantitative estimate of drug-likeness (QED) is 0.717. The third kappa shape index (κ3) is 2.73. The molecule has 3 aromatic rings. The highest BCUT2D eigenvalue weighted by molar-refractivity contribution is 5.83. The molecule has 118 valence electrons. The first-order chi connectivity index (χ1) is 10.8. The second kappa shape index (κ2) is 6.48. The predicted octanol–water partition coefficient (Wildman–Crippen LogP) is -0.0291. The fourth-order valence-corrected chi connectivity index (χ4v) is 2.92. The zero-order chi connectivity index (χ0) is 14.9. The van der Waals surface area contributed by atoms with Crippen molar-refractivity contribution in [2.45, 2.75) is 13.1 Å². The summed E-state index contributed by atoms with van der Waals surface area (Å²) in [6.07, 6.45) is 3.50. The van der Waals surface area contributed by atoms with Gasteiger partial charge in [0, 0.05) is 36.6 Å². The van der Waals surface area contributed by atoms with Crippen LogP contribution in [0.25, 0.3) is 22.4 Å². The van der Waals surface area contributed by atoms with Gasteiger partial charge >= 0.3 is 1.43 Å². The Morgan fingerprint density at radius 3 is 2.70 bits per heavy atom. The van der Waals surface area contributed by atoms with Crippen LogP contribution in [-0.4, -0.2) is 21.3 Å². The molecule has 4 nitrogen and oxygen atoms in total. The van der Waals surface area contributed by atoms with E-state index in [1.807, 2.05) is 22.9 Å². The number of benzene rings is 1. The average Bonchev–Trinajstić information content (AvgIpc) is 2.95. The summed E-state index contributed by atoms with van der Waals surface area (Å²) < 4.78 is 16.2. The Morgan fingerprint density at radius 2 is 1.91 bits per heavy atom. The van der Waals surface area contributed by atoms with Crippen molar-refractivity contribution in [3.63, 3.8) is 0 Å². The van der Waals surface area contributed by atoms with Crippen LogP contribution in [0.1, 0.15) is 7.12 Å². The van der Waals surface area contributed by atoms with E-state index in [1.165, 1.54) is 6.07 Å². The first-order valence-electron chi connectivity index (χ1n) is 7.30. The maximum atomic E-state index is 14.3. The lowest BCUT2D eigenvalue weighted by Crippen LogP contribution is -3.00. The first kappa shape index (κ1) is 15.6. The van der Waals surface area contributed by atoms with Gasteiger partial charge in [-0.3, -0.25) is 9.67 Å². The molecule has 0 spiro atoms. The normalized spacial score (nSPS) is 13.3. The lowest BCUT2D eigenvalue weighted by atomic mass is 9.99. The van der Waals surface area contributed by atoms with Crippen LogP contribution >= 0.6 is 0 Å². The van der Waals surface area contributed by atoms with E-state index in [4.69, 9.17) is 0 Å². The van der Waals surface area contributed by atoms with Crippen LogP contribution in [0.2, 0.25) is 0 Å². The summed E-state index contributed by atoms with van der Waals surface area (Å²) in [6, 6.07) is 10.7. The van der Waals surface area contributed by atoms with Gasteiger partial charge in [0.25, 0.3) is 0 Å². The van der Waals surface area contributed by atoms with Crippen molar-refractivity contribution in [3.05, 3.63) is 60.3 Å². The fourth-order valence-electron chi connectivity index (χ4n) is 2.92. The number of nitrogens with zero attached hydrogens (tertiary/aromatic N) is 3. The standard InChI is InChI=1S/C17H15FN4.ClH/c18-14-4-2-1-3-13(14)17-16(12-5-7-19-8-6-12)15-11-20-9-10-22(15)21-17;/h1-8,20H,9-11H2;1H. The molecule has 1 aliphatic heterocycles. The summed E-state index contributed by atoms with van der Waals surface area (Å²) >= 11 is 0. The molecular formula is C17H16ClFN4. The molecule has 1 aliphatic rings. The van der Waals surface area contributed by atoms with E-state index in [1.54, 1.807) is 24.5 Å². The zero-order valence-corrected chi connectivity index (χ0v) is 13.1. The molecule has 23 heavy (non-hydrogen) atoms. The van der Waals surface area contributed by atoms with E-state index in [-0.39, 0.29) is 19.7 Å². The second-order valence-electron chi connectivity index (χ2n) is 5.29. The Balaban J connectivity index is 0.00000104. The van der Waals surface area contributed by atoms with Gasteiger partial charge in [0.05, 0.1) is 12.2 Å². The van der Waals surface area contributed by atoms with Gasteiger partial charge in [0.15, 0.2) is 0 Å². The maximum Gasteiger partial charge on any atom is 1.00 e. The minimum atomic E-state index is -0.249.